The van der Waals surface area contributed by atoms with E-state index >= 15 is 0 Å². The minimum absolute atomic E-state index is 0. The van der Waals surface area contributed by atoms with Crippen molar-refractivity contribution in [3.63, 3.8) is 0 Å². The van der Waals surface area contributed by atoms with Crippen LogP contribution in [0, 0.1) is 17.7 Å². The van der Waals surface area contributed by atoms with Gasteiger partial charge in [0.1, 0.15) is 0 Å². The maximum Gasteiger partial charge on any atom is 2.00 e. The van der Waals surface area contributed by atoms with Crippen molar-refractivity contribution in [1.29, 1.82) is 0 Å². The van der Waals surface area contributed by atoms with Crippen LogP contribution in [0.3, 0.4) is 0 Å². The van der Waals surface area contributed by atoms with E-state index in [0.29, 0.717) is 0 Å². The van der Waals surface area contributed by atoms with Gasteiger partial charge in [-0.3, -0.25) is 4.39 Å². The average molecular weight is 289 g/mol. The van der Waals surface area contributed by atoms with Gasteiger partial charge in [0, 0.05) is 11.6 Å². The van der Waals surface area contributed by atoms with E-state index in [1.165, 1.54) is 6.07 Å². The molecule has 1 unspecified atom stereocenters. The summed E-state index contributed by atoms with van der Waals surface area (Å²) in [5.74, 6) is -1.95. The number of ether oxygens (including phenoxy) is 1. The van der Waals surface area contributed by atoms with Gasteiger partial charge in [0.25, 0.3) is 0 Å². The molecular weight excluding hydrogens is 278 g/mol. The molecule has 0 amide bonds. The van der Waals surface area contributed by atoms with Crippen LogP contribution in [0.25, 0.3) is 0 Å². The van der Waals surface area contributed by atoms with Crippen molar-refractivity contribution in [2.24, 2.45) is 0 Å². The van der Waals surface area contributed by atoms with E-state index in [4.69, 9.17) is 4.74 Å². The van der Waals surface area contributed by atoms with Crippen LogP contribution in [-0.4, -0.2) is 29.2 Å². The predicted octanol–water partition coefficient (Wildman–Crippen LogP) is -0.435. The first-order chi connectivity index (χ1) is 6.15. The van der Waals surface area contributed by atoms with Crippen molar-refractivity contribution >= 4 is 23.1 Å². The molecule has 1 atom stereocenters. The minimum Gasteiger partial charge on any atom is -1.00 e. The topological polar surface area (TPSA) is 9.23 Å². The van der Waals surface area contributed by atoms with Gasteiger partial charge in [0.2, 0.25) is 0 Å². The molecule has 0 aliphatic rings. The number of halogens is 3. The maximum atomic E-state index is 13.0. The molecule has 0 saturated carbocycles. The monoisotopic (exact) mass is 288 g/mol. The molecule has 0 saturated heterocycles. The van der Waals surface area contributed by atoms with Gasteiger partial charge in [-0.25, -0.2) is 4.39 Å². The second-order valence-electron chi connectivity index (χ2n) is 2.82. The Bertz CT molecular complexity index is 297. The molecule has 1 nitrogen and oxygen atoms in total. The smallest absolute Gasteiger partial charge is 1.00 e. The van der Waals surface area contributed by atoms with Crippen LogP contribution in [0.4, 0.5) is 8.78 Å². The minimum atomic E-state index is -0.945. The van der Waals surface area contributed by atoms with Gasteiger partial charge >= 0.3 is 23.1 Å². The van der Waals surface area contributed by atoms with Crippen molar-refractivity contribution in [3.8, 4) is 5.75 Å². The van der Waals surface area contributed by atoms with Crippen molar-refractivity contribution in [3.05, 3.63) is 29.8 Å². The van der Waals surface area contributed by atoms with Gasteiger partial charge < -0.3 is 21.7 Å². The van der Waals surface area contributed by atoms with E-state index in [1.54, 1.807) is 6.92 Å². The molecule has 15 heavy (non-hydrogen) atoms. The Hall–Kier alpha value is 0.126. The average Bonchev–Trinajstić information content (AvgIpc) is 2.13. The summed E-state index contributed by atoms with van der Waals surface area (Å²) in [6.07, 6.45) is 0.625. The van der Waals surface area contributed by atoms with E-state index in [1.807, 2.05) is 6.92 Å². The summed E-state index contributed by atoms with van der Waals surface area (Å²) in [6, 6.07) is 4.70. The molecule has 1 aromatic rings. The summed E-state index contributed by atoms with van der Waals surface area (Å²) >= 11 is 0. The Morgan fingerprint density at radius 1 is 1.40 bits per heavy atom. The van der Waals surface area contributed by atoms with Crippen molar-refractivity contribution in [1.82, 2.24) is 0 Å². The van der Waals surface area contributed by atoms with E-state index in [0.717, 1.165) is 12.5 Å². The molecule has 0 spiro atoms. The third kappa shape index (κ3) is 5.13. The van der Waals surface area contributed by atoms with Gasteiger partial charge in [0.05, 0.1) is 11.9 Å². The van der Waals surface area contributed by atoms with Crippen LogP contribution >= 0.6 is 0 Å². The maximum absolute atomic E-state index is 13.0. The zero-order chi connectivity index (χ0) is 9.84. The Morgan fingerprint density at radius 2 is 2.00 bits per heavy atom. The Balaban J connectivity index is 0. The summed E-state index contributed by atoms with van der Waals surface area (Å²) in [7, 11) is 0. The third-order valence-electron chi connectivity index (χ3n) is 1.75. The normalized spacial score (nSPS) is 10.9. The van der Waals surface area contributed by atoms with Crippen molar-refractivity contribution < 1.29 is 30.5 Å². The molecule has 5 heteroatoms. The molecular formula is C10H11BrF2MgO. The molecule has 0 radical (unpaired) electrons. The third-order valence-corrected chi connectivity index (χ3v) is 1.75. The van der Waals surface area contributed by atoms with Crippen LogP contribution in [0.2, 0.25) is 0 Å². The van der Waals surface area contributed by atoms with Gasteiger partial charge in [-0.1, -0.05) is 6.92 Å². The second kappa shape index (κ2) is 8.30. The van der Waals surface area contributed by atoms with E-state index < -0.39 is 11.6 Å². The Morgan fingerprint density at radius 3 is 2.53 bits per heavy atom. The summed E-state index contributed by atoms with van der Waals surface area (Å²) in [4.78, 5) is 0. The van der Waals surface area contributed by atoms with E-state index in [2.05, 4.69) is 6.07 Å². The molecule has 0 heterocycles. The molecule has 0 aromatic heterocycles. The van der Waals surface area contributed by atoms with E-state index in [-0.39, 0.29) is 51.9 Å². The van der Waals surface area contributed by atoms with Gasteiger partial charge in [-0.15, -0.1) is 12.1 Å². The van der Waals surface area contributed by atoms with Crippen LogP contribution in [-0.2, 0) is 0 Å². The summed E-state index contributed by atoms with van der Waals surface area (Å²) in [5.41, 5.74) is 0. The standard InChI is InChI=1S/C10H11F2O.BrH.Mg/c1-3-7(2)13-9-6-4-5-8(11)10(9)12;;/h5-7H,3H2,1-2H3;1H;/q-1;;+2/p-1. The van der Waals surface area contributed by atoms with E-state index in [9.17, 15) is 8.78 Å². The van der Waals surface area contributed by atoms with Gasteiger partial charge in [-0.2, -0.15) is 6.07 Å². The number of rotatable bonds is 3. The largest absolute Gasteiger partial charge is 2.00 e. The fourth-order valence-corrected chi connectivity index (χ4v) is 0.821. The Kier molecular flexibility index (Phi) is 9.69. The molecule has 0 fully saturated rings. The van der Waals surface area contributed by atoms with Gasteiger partial charge in [0.15, 0.2) is 0 Å². The van der Waals surface area contributed by atoms with Crippen LogP contribution in [0.1, 0.15) is 20.3 Å². The van der Waals surface area contributed by atoms with Crippen molar-refractivity contribution in [2.45, 2.75) is 26.4 Å². The first-order valence-corrected chi connectivity index (χ1v) is 4.17. The Labute approximate surface area is 115 Å². The zero-order valence-corrected chi connectivity index (χ0v) is 11.7. The van der Waals surface area contributed by atoms with Crippen LogP contribution < -0.4 is 21.7 Å². The zero-order valence-electron chi connectivity index (χ0n) is 8.69. The molecule has 0 bridgehead atoms. The van der Waals surface area contributed by atoms with Crippen LogP contribution in [0.15, 0.2) is 12.1 Å². The quantitative estimate of drug-likeness (QED) is 0.542. The molecule has 0 N–H and O–H groups in total. The first-order valence-electron chi connectivity index (χ1n) is 4.17. The molecule has 0 aliphatic heterocycles. The summed E-state index contributed by atoms with van der Waals surface area (Å²) < 4.78 is 30.8. The molecule has 1 rings (SSSR count). The van der Waals surface area contributed by atoms with Crippen molar-refractivity contribution in [2.75, 3.05) is 0 Å². The second-order valence-corrected chi connectivity index (χ2v) is 2.82. The van der Waals surface area contributed by atoms with Crippen LogP contribution in [0.5, 0.6) is 5.75 Å². The number of hydrogen-bond donors (Lipinski definition) is 0. The summed E-state index contributed by atoms with van der Waals surface area (Å²) in [6.45, 7) is 3.70. The molecule has 0 aliphatic carbocycles. The summed E-state index contributed by atoms with van der Waals surface area (Å²) in [5, 5.41) is 0. The number of hydrogen-bond acceptors (Lipinski definition) is 1. The fourth-order valence-electron chi connectivity index (χ4n) is 0.821. The molecule has 1 aromatic carbocycles. The first kappa shape index (κ1) is 17.5. The SMILES string of the molecule is CCC(C)Oc1c[c-]cc(F)c1F.[Br-].[Mg+2]. The van der Waals surface area contributed by atoms with Gasteiger partial charge in [-0.05, 0) is 13.3 Å². The fraction of sp³-hybridized carbons (Fsp3) is 0.400. The predicted molar refractivity (Wildman–Crippen MR) is 51.3 cm³/mol. The number of benzene rings is 1. The molecule has 80 valence electrons.